The Bertz CT molecular complexity index is 1560. The predicted molar refractivity (Wildman–Crippen MR) is 233 cm³/mol. The molecule has 1 fully saturated rings. The number of nitrogens with one attached hydrogen (secondary N) is 3. The van der Waals surface area contributed by atoms with E-state index in [1.165, 1.54) is 21.1 Å². The summed E-state index contributed by atoms with van der Waals surface area (Å²) in [6.07, 6.45) is -0.394. The molecular weight excluding hydrogens is 785 g/mol. The molecule has 2 rings (SSSR count). The van der Waals surface area contributed by atoms with Gasteiger partial charge < -0.3 is 45.4 Å². The lowest BCUT2D eigenvalue weighted by atomic mass is 9.89. The minimum absolute atomic E-state index is 0.0147. The summed E-state index contributed by atoms with van der Waals surface area (Å²) >= 11 is 0. The van der Waals surface area contributed by atoms with E-state index in [2.05, 4.69) is 16.0 Å². The SMILES string of the molecule is CCC(C)C(C(CC(=O)N1CCCC1C(OC)C(C)C(=O)NC(C(=O)NCc1ccccc1)C(C)O)OC)N(C)C(=O)C(NC(=O)C(C(C)C)N(C)CCCC(=O)O)C(C)C. The number of hydrogen-bond acceptors (Lipinski definition) is 10. The van der Waals surface area contributed by atoms with Crippen LogP contribution in [0.3, 0.4) is 0 Å². The Morgan fingerprint density at radius 1 is 0.869 bits per heavy atom. The largest absolute Gasteiger partial charge is 0.481 e. The van der Waals surface area contributed by atoms with Gasteiger partial charge >= 0.3 is 5.97 Å². The smallest absolute Gasteiger partial charge is 0.303 e. The van der Waals surface area contributed by atoms with E-state index >= 15 is 0 Å². The molecule has 0 aromatic heterocycles. The zero-order chi connectivity index (χ0) is 46.1. The first-order valence-corrected chi connectivity index (χ1v) is 21.9. The van der Waals surface area contributed by atoms with Crippen molar-refractivity contribution in [1.29, 1.82) is 0 Å². The molecule has 0 bridgehead atoms. The number of carboxylic acids is 1. The Balaban J connectivity index is 2.25. The standard InChI is InChI=1S/C45H76N6O10/c1-13-29(6)40(50(10)45(59)37(27(2)3)47-44(58)39(28(4)5)49(9)23-18-22-36(54)55)34(60-11)25-35(53)51-24-17-21-33(51)41(61-12)30(7)42(56)48-38(31(8)52)43(57)46-26-32-19-15-14-16-20-32/h14-16,19-20,27-31,33-34,37-41,52H,13,17-18,21-26H2,1-12H3,(H,46,57)(H,47,58)(H,48,56)(H,54,55). The summed E-state index contributed by atoms with van der Waals surface area (Å²) in [5, 5.41) is 28.1. The van der Waals surface area contributed by atoms with Gasteiger partial charge in [-0.15, -0.1) is 0 Å². The molecule has 0 aliphatic carbocycles. The molecule has 61 heavy (non-hydrogen) atoms. The van der Waals surface area contributed by atoms with Crippen molar-refractivity contribution in [3.8, 4) is 0 Å². The zero-order valence-corrected chi connectivity index (χ0v) is 38.7. The summed E-state index contributed by atoms with van der Waals surface area (Å²) in [6.45, 7) is 15.7. The molecule has 0 radical (unpaired) electrons. The van der Waals surface area contributed by atoms with Gasteiger partial charge in [-0.2, -0.15) is 0 Å². The van der Waals surface area contributed by atoms with Crippen LogP contribution in [0.15, 0.2) is 30.3 Å². The maximum absolute atomic E-state index is 14.4. The van der Waals surface area contributed by atoms with Gasteiger partial charge in [-0.05, 0) is 63.1 Å². The number of benzene rings is 1. The van der Waals surface area contributed by atoms with Crippen LogP contribution in [-0.2, 0) is 44.8 Å². The number of rotatable bonds is 26. The maximum Gasteiger partial charge on any atom is 0.303 e. The van der Waals surface area contributed by atoms with E-state index in [4.69, 9.17) is 14.6 Å². The second-order valence-electron chi connectivity index (χ2n) is 17.4. The van der Waals surface area contributed by atoms with Gasteiger partial charge in [-0.1, -0.05) is 85.2 Å². The third kappa shape index (κ3) is 15.3. The molecule has 10 unspecified atom stereocenters. The lowest BCUT2D eigenvalue weighted by Gasteiger charge is -2.41. The number of carboxylic acid groups (broad SMARTS) is 1. The Morgan fingerprint density at radius 2 is 1.49 bits per heavy atom. The first kappa shape index (κ1) is 53.0. The molecular formula is C45H76N6O10. The molecule has 1 aliphatic heterocycles. The van der Waals surface area contributed by atoms with E-state index < -0.39 is 72.2 Å². The van der Waals surface area contributed by atoms with Gasteiger partial charge in [0.2, 0.25) is 29.5 Å². The topological polar surface area (TPSA) is 207 Å². The number of carbonyl (C=O) groups is 6. The van der Waals surface area contributed by atoms with Crippen molar-refractivity contribution in [2.45, 2.75) is 149 Å². The number of aliphatic carboxylic acids is 1. The van der Waals surface area contributed by atoms with E-state index in [-0.39, 0.29) is 54.9 Å². The van der Waals surface area contributed by atoms with E-state index in [9.17, 15) is 33.9 Å². The fourth-order valence-corrected chi connectivity index (χ4v) is 8.49. The van der Waals surface area contributed by atoms with Crippen LogP contribution >= 0.6 is 0 Å². The number of nitrogens with zero attached hydrogens (tertiary/aromatic N) is 3. The molecule has 1 saturated heterocycles. The Labute approximate surface area is 363 Å². The van der Waals surface area contributed by atoms with Gasteiger partial charge in [0, 0.05) is 40.8 Å². The summed E-state index contributed by atoms with van der Waals surface area (Å²) in [5.74, 6) is -4.10. The van der Waals surface area contributed by atoms with E-state index in [0.29, 0.717) is 38.8 Å². The molecule has 0 spiro atoms. The van der Waals surface area contributed by atoms with E-state index in [1.807, 2.05) is 76.8 Å². The van der Waals surface area contributed by atoms with Crippen LogP contribution in [-0.4, -0.2) is 150 Å². The average Bonchev–Trinajstić information content (AvgIpc) is 3.70. The number of likely N-dealkylation sites (N-methyl/N-ethyl adjacent to an activating group) is 2. The average molecular weight is 861 g/mol. The highest BCUT2D eigenvalue weighted by Crippen LogP contribution is 2.30. The van der Waals surface area contributed by atoms with Gasteiger partial charge in [-0.25, -0.2) is 0 Å². The lowest BCUT2D eigenvalue weighted by Crippen LogP contribution is -2.60. The Morgan fingerprint density at radius 3 is 2.02 bits per heavy atom. The number of aliphatic hydroxyl groups excluding tert-OH is 1. The fraction of sp³-hybridized carbons (Fsp3) is 0.733. The van der Waals surface area contributed by atoms with Gasteiger partial charge in [0.15, 0.2) is 0 Å². The van der Waals surface area contributed by atoms with E-state index in [0.717, 1.165) is 5.56 Å². The van der Waals surface area contributed by atoms with Gasteiger partial charge in [-0.3, -0.25) is 33.7 Å². The van der Waals surface area contributed by atoms with Crippen molar-refractivity contribution in [2.75, 3.05) is 41.4 Å². The summed E-state index contributed by atoms with van der Waals surface area (Å²) < 4.78 is 11.9. The van der Waals surface area contributed by atoms with Crippen molar-refractivity contribution in [3.63, 3.8) is 0 Å². The summed E-state index contributed by atoms with van der Waals surface area (Å²) in [5.41, 5.74) is 0.866. The number of aliphatic hydroxyl groups is 1. The second-order valence-corrected chi connectivity index (χ2v) is 17.4. The number of amides is 5. The molecule has 16 heteroatoms. The highest BCUT2D eigenvalue weighted by atomic mass is 16.5. The monoisotopic (exact) mass is 861 g/mol. The molecule has 1 aliphatic rings. The first-order chi connectivity index (χ1) is 28.7. The van der Waals surface area contributed by atoms with Crippen LogP contribution in [0.4, 0.5) is 0 Å². The van der Waals surface area contributed by atoms with Gasteiger partial charge in [0.25, 0.3) is 0 Å². The lowest BCUT2D eigenvalue weighted by molar-refractivity contribution is -0.148. The normalized spacial score (nSPS) is 18.7. The third-order valence-electron chi connectivity index (χ3n) is 12.1. The number of carbonyl (C=O) groups excluding carboxylic acids is 5. The maximum atomic E-state index is 14.4. The van der Waals surface area contributed by atoms with E-state index in [1.54, 1.807) is 30.8 Å². The van der Waals surface area contributed by atoms with Crippen molar-refractivity contribution >= 4 is 35.5 Å². The molecule has 346 valence electrons. The highest BCUT2D eigenvalue weighted by Gasteiger charge is 2.44. The molecule has 1 aromatic carbocycles. The molecule has 16 nitrogen and oxygen atoms in total. The number of likely N-dealkylation sites (tertiary alicyclic amines) is 1. The summed E-state index contributed by atoms with van der Waals surface area (Å²) in [6, 6.07) is 5.59. The number of hydrogen-bond donors (Lipinski definition) is 5. The Hall–Kier alpha value is -4.12. The first-order valence-electron chi connectivity index (χ1n) is 21.9. The quantitative estimate of drug-likeness (QED) is 0.0916. The van der Waals surface area contributed by atoms with Crippen molar-refractivity contribution in [3.05, 3.63) is 35.9 Å². The van der Waals surface area contributed by atoms with Crippen molar-refractivity contribution in [1.82, 2.24) is 30.7 Å². The summed E-state index contributed by atoms with van der Waals surface area (Å²) in [4.78, 5) is 85.6. The minimum atomic E-state index is -1.21. The molecule has 1 aromatic rings. The number of methoxy groups -OCH3 is 2. The van der Waals surface area contributed by atoms with Crippen LogP contribution < -0.4 is 16.0 Å². The third-order valence-corrected chi connectivity index (χ3v) is 12.1. The minimum Gasteiger partial charge on any atom is -0.481 e. The highest BCUT2D eigenvalue weighted by molar-refractivity contribution is 5.91. The van der Waals surface area contributed by atoms with Crippen molar-refractivity contribution in [2.24, 2.45) is 23.7 Å². The van der Waals surface area contributed by atoms with Gasteiger partial charge in [0.1, 0.15) is 12.1 Å². The molecule has 10 atom stereocenters. The second kappa shape index (κ2) is 25.7. The number of ether oxygens (including phenoxy) is 2. The zero-order valence-electron chi connectivity index (χ0n) is 38.7. The fourth-order valence-electron chi connectivity index (χ4n) is 8.49. The predicted octanol–water partition coefficient (Wildman–Crippen LogP) is 3.05. The van der Waals surface area contributed by atoms with Crippen LogP contribution in [0, 0.1) is 23.7 Å². The van der Waals surface area contributed by atoms with Crippen LogP contribution in [0.1, 0.15) is 99.5 Å². The van der Waals surface area contributed by atoms with Gasteiger partial charge in [0.05, 0.1) is 48.8 Å². The summed E-state index contributed by atoms with van der Waals surface area (Å²) in [7, 11) is 6.45. The van der Waals surface area contributed by atoms with Crippen LogP contribution in [0.5, 0.6) is 0 Å². The Kier molecular flexibility index (Phi) is 22.4. The molecule has 5 N–H and O–H groups in total. The molecule has 1 heterocycles. The van der Waals surface area contributed by atoms with Crippen LogP contribution in [0.25, 0.3) is 0 Å². The van der Waals surface area contributed by atoms with Crippen molar-refractivity contribution < 1.29 is 48.5 Å². The molecule has 0 saturated carbocycles. The van der Waals surface area contributed by atoms with Crippen LogP contribution in [0.2, 0.25) is 0 Å². The molecule has 5 amide bonds.